The molecule has 0 aromatic heterocycles. The molecule has 2 nitrogen and oxygen atoms in total. The molecule has 0 saturated carbocycles. The van der Waals surface area contributed by atoms with Crippen molar-refractivity contribution in [1.29, 1.82) is 0 Å². The molecule has 0 radical (unpaired) electrons. The molecule has 1 N–H and O–H groups in total. The normalized spacial score (nSPS) is 13.3. The number of allylic oxidation sites excluding steroid dienone is 1. The zero-order chi connectivity index (χ0) is 14.0. The first-order valence-electron chi connectivity index (χ1n) is 7.24. The summed E-state index contributed by atoms with van der Waals surface area (Å²) >= 11 is 0. The fraction of sp³-hybridized carbons (Fsp3) is 0.812. The number of ketones is 1. The van der Waals surface area contributed by atoms with Crippen LogP contribution in [0.1, 0.15) is 72.1 Å². The third-order valence-corrected chi connectivity index (χ3v) is 3.65. The summed E-state index contributed by atoms with van der Waals surface area (Å²) in [6.07, 6.45) is 8.39. The summed E-state index contributed by atoms with van der Waals surface area (Å²) in [5, 5.41) is 10.1. The number of unbranched alkanes of at least 4 members (excludes halogenated alkanes) is 2. The monoisotopic (exact) mass is 254 g/mol. The number of Topliss-reactive ketones (excluding diaryl/α,β-unsaturated/α-hetero) is 1. The second kappa shape index (κ2) is 9.32. The van der Waals surface area contributed by atoms with Crippen LogP contribution in [0.3, 0.4) is 0 Å². The van der Waals surface area contributed by atoms with E-state index in [2.05, 4.69) is 27.4 Å². The van der Waals surface area contributed by atoms with Gasteiger partial charge in [0.2, 0.25) is 0 Å². The number of hydrogen-bond donors (Lipinski definition) is 1. The molecule has 1 unspecified atom stereocenters. The van der Waals surface area contributed by atoms with Crippen molar-refractivity contribution in [3.8, 4) is 0 Å². The fourth-order valence-electron chi connectivity index (χ4n) is 1.98. The summed E-state index contributed by atoms with van der Waals surface area (Å²) in [4.78, 5) is 11.7. The van der Waals surface area contributed by atoms with Gasteiger partial charge in [-0.25, -0.2) is 0 Å². The first-order valence-corrected chi connectivity index (χ1v) is 7.24. The number of rotatable bonds is 11. The second-order valence-corrected chi connectivity index (χ2v) is 5.87. The third-order valence-electron chi connectivity index (χ3n) is 3.65. The number of aliphatic hydroxyl groups is 1. The third kappa shape index (κ3) is 7.65. The summed E-state index contributed by atoms with van der Waals surface area (Å²) in [5.41, 5.74) is -0.150. The van der Waals surface area contributed by atoms with Crippen LogP contribution >= 0.6 is 0 Å². The van der Waals surface area contributed by atoms with Gasteiger partial charge < -0.3 is 5.11 Å². The molecule has 0 aliphatic rings. The van der Waals surface area contributed by atoms with Crippen LogP contribution in [0.5, 0.6) is 0 Å². The highest BCUT2D eigenvalue weighted by molar-refractivity contribution is 5.78. The van der Waals surface area contributed by atoms with Gasteiger partial charge in [-0.3, -0.25) is 4.79 Å². The van der Waals surface area contributed by atoms with E-state index in [0.29, 0.717) is 18.6 Å². The first-order chi connectivity index (χ1) is 8.44. The van der Waals surface area contributed by atoms with E-state index < -0.39 is 0 Å². The van der Waals surface area contributed by atoms with Crippen LogP contribution in [0.2, 0.25) is 0 Å². The molecule has 0 heterocycles. The van der Waals surface area contributed by atoms with Crippen molar-refractivity contribution < 1.29 is 9.90 Å². The predicted octanol–water partition coefficient (Wildman–Crippen LogP) is 4.27. The van der Waals surface area contributed by atoms with Crippen molar-refractivity contribution in [3.63, 3.8) is 0 Å². The van der Waals surface area contributed by atoms with E-state index >= 15 is 0 Å². The molecule has 0 fully saturated rings. The first kappa shape index (κ1) is 17.4. The fourth-order valence-corrected chi connectivity index (χ4v) is 1.98. The van der Waals surface area contributed by atoms with Crippen molar-refractivity contribution in [2.45, 2.75) is 78.2 Å². The molecule has 0 aliphatic heterocycles. The Kier molecular flexibility index (Phi) is 8.99. The lowest BCUT2D eigenvalue weighted by Gasteiger charge is -2.30. The van der Waals surface area contributed by atoms with Gasteiger partial charge in [0.1, 0.15) is 5.78 Å². The zero-order valence-electron chi connectivity index (χ0n) is 12.4. The van der Waals surface area contributed by atoms with E-state index in [0.717, 1.165) is 38.5 Å². The maximum absolute atomic E-state index is 11.7. The second-order valence-electron chi connectivity index (χ2n) is 5.87. The molecular formula is C16H30O2. The Balaban J connectivity index is 3.93. The summed E-state index contributed by atoms with van der Waals surface area (Å²) in [6.45, 7) is 9.90. The van der Waals surface area contributed by atoms with E-state index in [9.17, 15) is 9.90 Å². The molecule has 2 heteroatoms. The van der Waals surface area contributed by atoms with Gasteiger partial charge in [-0.1, -0.05) is 39.7 Å². The van der Waals surface area contributed by atoms with Crippen LogP contribution in [-0.2, 0) is 4.79 Å². The van der Waals surface area contributed by atoms with Crippen molar-refractivity contribution in [1.82, 2.24) is 0 Å². The molecule has 0 spiro atoms. The smallest absolute Gasteiger partial charge is 0.132 e. The number of carbonyl (C=O) groups excluding carboxylic acids is 1. The van der Waals surface area contributed by atoms with Crippen molar-refractivity contribution in [2.75, 3.05) is 0 Å². The zero-order valence-corrected chi connectivity index (χ0v) is 12.4. The summed E-state index contributed by atoms with van der Waals surface area (Å²) in [6, 6.07) is 0. The quantitative estimate of drug-likeness (QED) is 0.441. The van der Waals surface area contributed by atoms with Crippen molar-refractivity contribution in [2.24, 2.45) is 5.41 Å². The van der Waals surface area contributed by atoms with E-state index in [1.165, 1.54) is 0 Å². The minimum atomic E-state index is -0.293. The van der Waals surface area contributed by atoms with Crippen molar-refractivity contribution in [3.05, 3.63) is 12.7 Å². The Morgan fingerprint density at radius 3 is 2.56 bits per heavy atom. The minimum absolute atomic E-state index is 0.150. The van der Waals surface area contributed by atoms with Crippen LogP contribution in [0.15, 0.2) is 12.7 Å². The lowest BCUT2D eigenvalue weighted by Crippen LogP contribution is -2.29. The molecule has 1 atom stereocenters. The Morgan fingerprint density at radius 1 is 1.33 bits per heavy atom. The Morgan fingerprint density at radius 2 is 2.00 bits per heavy atom. The Bertz CT molecular complexity index is 243. The average molecular weight is 254 g/mol. The van der Waals surface area contributed by atoms with Crippen LogP contribution in [0.25, 0.3) is 0 Å². The molecule has 106 valence electrons. The van der Waals surface area contributed by atoms with E-state index in [1.807, 2.05) is 6.08 Å². The van der Waals surface area contributed by atoms with Gasteiger partial charge in [-0.2, -0.15) is 0 Å². The molecule has 0 aromatic rings. The lowest BCUT2D eigenvalue weighted by atomic mass is 9.79. The topological polar surface area (TPSA) is 37.3 Å². The average Bonchev–Trinajstić information content (AvgIpc) is 2.33. The number of aliphatic hydroxyl groups excluding tert-OH is 1. The van der Waals surface area contributed by atoms with Crippen LogP contribution in [0, 0.1) is 5.41 Å². The van der Waals surface area contributed by atoms with Gasteiger partial charge in [0, 0.05) is 12.8 Å². The van der Waals surface area contributed by atoms with Gasteiger partial charge in [0.05, 0.1) is 6.10 Å². The maximum atomic E-state index is 11.7. The minimum Gasteiger partial charge on any atom is -0.393 e. The van der Waals surface area contributed by atoms with Gasteiger partial charge in [-0.05, 0) is 31.1 Å². The van der Waals surface area contributed by atoms with Crippen LogP contribution < -0.4 is 0 Å². The molecule has 0 rings (SSSR count). The Hall–Kier alpha value is -0.630. The molecule has 0 aromatic carbocycles. The molecule has 0 aliphatic carbocycles. The van der Waals surface area contributed by atoms with Gasteiger partial charge in [0.15, 0.2) is 0 Å². The SMILES string of the molecule is C=CCCCC(=O)CCC(C)(C)C(O)CCCC. The van der Waals surface area contributed by atoms with Crippen LogP contribution in [-0.4, -0.2) is 17.0 Å². The number of carbonyl (C=O) groups is 1. The number of hydrogen-bond acceptors (Lipinski definition) is 2. The van der Waals surface area contributed by atoms with E-state index in [1.54, 1.807) is 0 Å². The van der Waals surface area contributed by atoms with Gasteiger partial charge in [-0.15, -0.1) is 6.58 Å². The molecule has 18 heavy (non-hydrogen) atoms. The van der Waals surface area contributed by atoms with Crippen molar-refractivity contribution >= 4 is 5.78 Å². The largest absolute Gasteiger partial charge is 0.393 e. The maximum Gasteiger partial charge on any atom is 0.132 e. The van der Waals surface area contributed by atoms with Gasteiger partial charge in [0.25, 0.3) is 0 Å². The Labute approximate surface area is 112 Å². The highest BCUT2D eigenvalue weighted by Crippen LogP contribution is 2.30. The summed E-state index contributed by atoms with van der Waals surface area (Å²) in [7, 11) is 0. The molecule has 0 bridgehead atoms. The highest BCUT2D eigenvalue weighted by Gasteiger charge is 2.27. The van der Waals surface area contributed by atoms with Crippen LogP contribution in [0.4, 0.5) is 0 Å². The van der Waals surface area contributed by atoms with E-state index in [-0.39, 0.29) is 11.5 Å². The molecular weight excluding hydrogens is 224 g/mol. The molecule has 0 saturated heterocycles. The summed E-state index contributed by atoms with van der Waals surface area (Å²) in [5.74, 6) is 0.313. The summed E-state index contributed by atoms with van der Waals surface area (Å²) < 4.78 is 0. The predicted molar refractivity (Wildman–Crippen MR) is 77.6 cm³/mol. The lowest BCUT2D eigenvalue weighted by molar-refractivity contribution is -0.120. The molecule has 0 amide bonds. The van der Waals surface area contributed by atoms with Gasteiger partial charge >= 0.3 is 0 Å². The van der Waals surface area contributed by atoms with E-state index in [4.69, 9.17) is 0 Å². The highest BCUT2D eigenvalue weighted by atomic mass is 16.3. The standard InChI is InChI=1S/C16H30O2/c1-5-7-9-10-14(17)12-13-16(3,4)15(18)11-8-6-2/h5,15,18H,1,6-13H2,2-4H3.